The van der Waals surface area contributed by atoms with E-state index in [2.05, 4.69) is 40.2 Å². The van der Waals surface area contributed by atoms with E-state index in [1.54, 1.807) is 5.51 Å². The molecule has 2 aliphatic heterocycles. The lowest BCUT2D eigenvalue weighted by atomic mass is 9.79. The normalized spacial score (nSPS) is 20.3. The number of likely N-dealkylation sites (tertiary alicyclic amines) is 2. The number of carbonyl (C=O) groups is 1. The van der Waals surface area contributed by atoms with Crippen LogP contribution in [-0.2, 0) is 6.54 Å². The summed E-state index contributed by atoms with van der Waals surface area (Å²) in [5.41, 5.74) is 4.01. The van der Waals surface area contributed by atoms with Crippen molar-refractivity contribution >= 4 is 17.2 Å². The van der Waals surface area contributed by atoms with Crippen molar-refractivity contribution in [2.75, 3.05) is 26.2 Å². The molecule has 3 heterocycles. The van der Waals surface area contributed by atoms with Crippen molar-refractivity contribution in [3.63, 3.8) is 0 Å². The lowest BCUT2D eigenvalue weighted by Crippen LogP contribution is -2.57. The molecule has 1 aromatic carbocycles. The summed E-state index contributed by atoms with van der Waals surface area (Å²) in [7, 11) is 0. The Morgan fingerprint density at radius 1 is 1.23 bits per heavy atom. The van der Waals surface area contributed by atoms with E-state index < -0.39 is 0 Å². The number of carbonyl (C=O) groups excluding carboxylic acids is 1. The van der Waals surface area contributed by atoms with Crippen molar-refractivity contribution in [1.29, 1.82) is 0 Å². The smallest absolute Gasteiger partial charge is 0.273 e. The van der Waals surface area contributed by atoms with Gasteiger partial charge in [-0.25, -0.2) is 4.98 Å². The third kappa shape index (κ3) is 2.55. The summed E-state index contributed by atoms with van der Waals surface area (Å²) in [5, 5.41) is 1.84. The second kappa shape index (κ2) is 5.48. The molecule has 0 radical (unpaired) electrons. The van der Waals surface area contributed by atoms with Crippen molar-refractivity contribution in [2.24, 2.45) is 5.41 Å². The van der Waals surface area contributed by atoms with E-state index in [-0.39, 0.29) is 5.91 Å². The molecule has 1 amide bonds. The van der Waals surface area contributed by atoms with Gasteiger partial charge in [0.1, 0.15) is 5.69 Å². The summed E-state index contributed by atoms with van der Waals surface area (Å²) in [6, 6.07) is 10.6. The molecular formula is C17H19N3OS. The first kappa shape index (κ1) is 13.9. The minimum Gasteiger partial charge on any atom is -0.337 e. The van der Waals surface area contributed by atoms with Crippen LogP contribution in [0.4, 0.5) is 0 Å². The van der Waals surface area contributed by atoms with Gasteiger partial charge in [0.15, 0.2) is 0 Å². The Kier molecular flexibility index (Phi) is 3.47. The van der Waals surface area contributed by atoms with Gasteiger partial charge in [0.25, 0.3) is 5.91 Å². The van der Waals surface area contributed by atoms with Gasteiger partial charge in [-0.1, -0.05) is 30.3 Å². The van der Waals surface area contributed by atoms with Crippen LogP contribution in [0.15, 0.2) is 41.2 Å². The topological polar surface area (TPSA) is 36.4 Å². The highest BCUT2D eigenvalue weighted by Gasteiger charge is 2.48. The maximum atomic E-state index is 12.4. The first-order valence-electron chi connectivity index (χ1n) is 7.68. The molecule has 0 unspecified atom stereocenters. The zero-order valence-electron chi connectivity index (χ0n) is 12.4. The van der Waals surface area contributed by atoms with Crippen LogP contribution >= 0.6 is 11.3 Å². The van der Waals surface area contributed by atoms with Gasteiger partial charge in [0, 0.05) is 43.5 Å². The van der Waals surface area contributed by atoms with Crippen LogP contribution in [-0.4, -0.2) is 46.9 Å². The molecule has 0 aliphatic carbocycles. The van der Waals surface area contributed by atoms with Crippen LogP contribution in [0, 0.1) is 5.41 Å². The van der Waals surface area contributed by atoms with E-state index in [1.807, 2.05) is 10.3 Å². The van der Waals surface area contributed by atoms with E-state index >= 15 is 0 Å². The minimum absolute atomic E-state index is 0.0969. The molecule has 0 N–H and O–H groups in total. The Bertz CT molecular complexity index is 650. The Balaban J connectivity index is 1.33. The standard InChI is InChI=1S/C17H19N3OS/c21-16(15-9-22-13-18-15)20-7-6-17(12-20)10-19(11-17)8-14-4-2-1-3-5-14/h1-5,9,13H,6-8,10-12H2. The highest BCUT2D eigenvalue weighted by molar-refractivity contribution is 7.07. The van der Waals surface area contributed by atoms with Crippen LogP contribution in [0.2, 0.25) is 0 Å². The van der Waals surface area contributed by atoms with Gasteiger partial charge in [0.2, 0.25) is 0 Å². The van der Waals surface area contributed by atoms with Gasteiger partial charge in [-0.15, -0.1) is 11.3 Å². The third-order valence-corrected chi connectivity index (χ3v) is 5.33. The van der Waals surface area contributed by atoms with Crippen molar-refractivity contribution in [2.45, 2.75) is 13.0 Å². The van der Waals surface area contributed by atoms with Crippen molar-refractivity contribution in [3.05, 3.63) is 52.5 Å². The average molecular weight is 313 g/mol. The molecule has 5 heteroatoms. The number of benzene rings is 1. The molecule has 0 bridgehead atoms. The van der Waals surface area contributed by atoms with Gasteiger partial charge in [-0.05, 0) is 12.0 Å². The second-order valence-corrected chi connectivity index (χ2v) is 7.20. The van der Waals surface area contributed by atoms with Crippen molar-refractivity contribution in [1.82, 2.24) is 14.8 Å². The first-order valence-corrected chi connectivity index (χ1v) is 8.62. The lowest BCUT2D eigenvalue weighted by molar-refractivity contribution is 0.00256. The summed E-state index contributed by atoms with van der Waals surface area (Å²) in [6.07, 6.45) is 1.12. The third-order valence-electron chi connectivity index (χ3n) is 4.74. The molecular weight excluding hydrogens is 294 g/mol. The van der Waals surface area contributed by atoms with E-state index in [1.165, 1.54) is 16.9 Å². The van der Waals surface area contributed by atoms with E-state index in [0.29, 0.717) is 11.1 Å². The number of aromatic nitrogens is 1. The maximum absolute atomic E-state index is 12.4. The van der Waals surface area contributed by atoms with E-state index in [0.717, 1.165) is 39.1 Å². The maximum Gasteiger partial charge on any atom is 0.273 e. The number of hydrogen-bond acceptors (Lipinski definition) is 4. The zero-order chi connectivity index (χ0) is 15.0. The summed E-state index contributed by atoms with van der Waals surface area (Å²) in [4.78, 5) is 21.0. The Hall–Kier alpha value is -1.72. The van der Waals surface area contributed by atoms with Gasteiger partial charge in [-0.2, -0.15) is 0 Å². The molecule has 1 aromatic heterocycles. The molecule has 4 nitrogen and oxygen atoms in total. The van der Waals surface area contributed by atoms with Crippen molar-refractivity contribution < 1.29 is 4.79 Å². The SMILES string of the molecule is O=C(c1cscn1)N1CCC2(CN(Cc3ccccc3)C2)C1. The molecule has 2 aliphatic rings. The number of hydrogen-bond donors (Lipinski definition) is 0. The highest BCUT2D eigenvalue weighted by Crippen LogP contribution is 2.40. The quantitative estimate of drug-likeness (QED) is 0.873. The molecule has 2 saturated heterocycles. The minimum atomic E-state index is 0.0969. The number of thiazole rings is 1. The van der Waals surface area contributed by atoms with Crippen LogP contribution < -0.4 is 0 Å². The summed E-state index contributed by atoms with van der Waals surface area (Å²) in [5.74, 6) is 0.0969. The predicted octanol–water partition coefficient (Wildman–Crippen LogP) is 2.49. The fourth-order valence-corrected chi connectivity index (χ4v) is 4.23. The first-order chi connectivity index (χ1) is 10.7. The van der Waals surface area contributed by atoms with Crippen LogP contribution in [0.25, 0.3) is 0 Å². The molecule has 22 heavy (non-hydrogen) atoms. The average Bonchev–Trinajstić information content (AvgIpc) is 3.17. The summed E-state index contributed by atoms with van der Waals surface area (Å²) >= 11 is 1.48. The molecule has 2 fully saturated rings. The molecule has 2 aromatic rings. The van der Waals surface area contributed by atoms with Gasteiger partial charge < -0.3 is 4.90 Å². The van der Waals surface area contributed by atoms with Crippen LogP contribution in [0.5, 0.6) is 0 Å². The van der Waals surface area contributed by atoms with E-state index in [4.69, 9.17) is 0 Å². The largest absolute Gasteiger partial charge is 0.337 e. The monoisotopic (exact) mass is 313 g/mol. The predicted molar refractivity (Wildman–Crippen MR) is 86.8 cm³/mol. The Morgan fingerprint density at radius 2 is 2.05 bits per heavy atom. The van der Waals surface area contributed by atoms with E-state index in [9.17, 15) is 4.79 Å². The second-order valence-electron chi connectivity index (χ2n) is 6.48. The van der Waals surface area contributed by atoms with Gasteiger partial charge in [-0.3, -0.25) is 9.69 Å². The summed E-state index contributed by atoms with van der Waals surface area (Å²) < 4.78 is 0. The molecule has 114 valence electrons. The van der Waals surface area contributed by atoms with Crippen molar-refractivity contribution in [3.8, 4) is 0 Å². The lowest BCUT2D eigenvalue weighted by Gasteiger charge is -2.48. The van der Waals surface area contributed by atoms with Gasteiger partial charge in [0.05, 0.1) is 5.51 Å². The molecule has 1 spiro atoms. The number of amides is 1. The van der Waals surface area contributed by atoms with Gasteiger partial charge >= 0.3 is 0 Å². The molecule has 0 atom stereocenters. The zero-order valence-corrected chi connectivity index (χ0v) is 13.3. The number of rotatable bonds is 3. The Morgan fingerprint density at radius 3 is 2.77 bits per heavy atom. The number of nitrogens with zero attached hydrogens (tertiary/aromatic N) is 3. The van der Waals surface area contributed by atoms with Crippen LogP contribution in [0.3, 0.4) is 0 Å². The molecule has 4 rings (SSSR count). The highest BCUT2D eigenvalue weighted by atomic mass is 32.1. The Labute approximate surface area is 134 Å². The van der Waals surface area contributed by atoms with Crippen LogP contribution in [0.1, 0.15) is 22.5 Å². The summed E-state index contributed by atoms with van der Waals surface area (Å²) in [6.45, 7) is 4.97. The molecule has 0 saturated carbocycles. The fraction of sp³-hybridized carbons (Fsp3) is 0.412. The fourth-order valence-electron chi connectivity index (χ4n) is 3.70.